The Kier molecular flexibility index (Phi) is 9.35. The van der Waals surface area contributed by atoms with Crippen molar-refractivity contribution in [2.75, 3.05) is 43.3 Å². The largest absolute Gasteiger partial charge is 0.497 e. The Balaban J connectivity index is 1.41. The highest BCUT2D eigenvalue weighted by atomic mass is 35.5. The number of alkyl halides is 3. The first kappa shape index (κ1) is 32.5. The average molecular weight is 658 g/mol. The van der Waals surface area contributed by atoms with Gasteiger partial charge in [0.25, 0.3) is 0 Å². The molecule has 240 valence electrons. The van der Waals surface area contributed by atoms with Crippen molar-refractivity contribution in [1.82, 2.24) is 4.98 Å². The number of aromatic nitrogens is 1. The molecule has 2 heterocycles. The zero-order chi connectivity index (χ0) is 33.2. The lowest BCUT2D eigenvalue weighted by molar-refractivity contribution is -0.539. The summed E-state index contributed by atoms with van der Waals surface area (Å²) in [4.78, 5) is 18.9. The van der Waals surface area contributed by atoms with Gasteiger partial charge in [0.15, 0.2) is 0 Å². The van der Waals surface area contributed by atoms with Crippen LogP contribution in [0, 0.1) is 11.2 Å². The smallest absolute Gasteiger partial charge is 0.416 e. The highest BCUT2D eigenvalue weighted by Crippen LogP contribution is 2.39. The number of quaternary nitrogens is 1. The third kappa shape index (κ3) is 6.42. The molecular weight excluding hydrogens is 628 g/mol. The van der Waals surface area contributed by atoms with Gasteiger partial charge in [-0.05, 0) is 54.4 Å². The molecule has 0 spiro atoms. The van der Waals surface area contributed by atoms with E-state index in [2.05, 4.69) is 15.6 Å². The number of anilines is 3. The van der Waals surface area contributed by atoms with E-state index in [0.717, 1.165) is 11.3 Å². The summed E-state index contributed by atoms with van der Waals surface area (Å²) in [5.41, 5.74) is 1.87. The van der Waals surface area contributed by atoms with Crippen molar-refractivity contribution in [2.45, 2.75) is 19.1 Å². The van der Waals surface area contributed by atoms with E-state index in [1.165, 1.54) is 4.90 Å². The molecule has 1 aliphatic rings. The number of carbonyl (C=O) groups excluding carboxylic acids is 1. The van der Waals surface area contributed by atoms with Crippen molar-refractivity contribution < 1.29 is 37.1 Å². The molecule has 0 fully saturated rings. The first-order valence-electron chi connectivity index (χ1n) is 14.1. The number of halogens is 5. The van der Waals surface area contributed by atoms with Crippen LogP contribution in [0.1, 0.15) is 27.8 Å². The van der Waals surface area contributed by atoms with Crippen molar-refractivity contribution in [3.8, 4) is 11.5 Å². The van der Waals surface area contributed by atoms with Gasteiger partial charge in [-0.15, -0.1) is 0 Å². The molecule has 5 N–H and O–H groups in total. The fourth-order valence-corrected chi connectivity index (χ4v) is 5.60. The van der Waals surface area contributed by atoms with Crippen LogP contribution in [0.3, 0.4) is 0 Å². The topological polar surface area (TPSA) is 116 Å². The van der Waals surface area contributed by atoms with E-state index in [9.17, 15) is 27.8 Å². The van der Waals surface area contributed by atoms with Crippen LogP contribution in [-0.2, 0) is 19.1 Å². The van der Waals surface area contributed by atoms with Crippen LogP contribution in [0.25, 0.3) is 0 Å². The number of pyridine rings is 1. The maximum absolute atomic E-state index is 14.3. The molecule has 46 heavy (non-hydrogen) atoms. The summed E-state index contributed by atoms with van der Waals surface area (Å²) < 4.78 is 64.6. The minimum atomic E-state index is -4.70. The number of amides is 2. The van der Waals surface area contributed by atoms with Gasteiger partial charge < -0.3 is 25.4 Å². The Bertz CT molecular complexity index is 1820. The predicted molar refractivity (Wildman–Crippen MR) is 167 cm³/mol. The number of nitrogens with zero attached hydrogens (tertiary/aromatic N) is 2. The van der Waals surface area contributed by atoms with Crippen molar-refractivity contribution in [1.29, 1.82) is 5.41 Å². The number of hydrogen-bond donors (Lipinski definition) is 4. The average Bonchev–Trinajstić information content (AvgIpc) is 3.49. The lowest BCUT2D eigenvalue weighted by Gasteiger charge is -2.20. The van der Waals surface area contributed by atoms with Gasteiger partial charge in [-0.25, -0.2) is 14.2 Å². The van der Waals surface area contributed by atoms with Gasteiger partial charge in [0.1, 0.15) is 34.4 Å². The molecule has 9 nitrogen and oxygen atoms in total. The normalized spacial score (nSPS) is 12.5. The number of urea groups is 1. The number of nitrogens with one attached hydrogen (secondary N) is 3. The highest BCUT2D eigenvalue weighted by Gasteiger charge is 2.33. The summed E-state index contributed by atoms with van der Waals surface area (Å²) in [5, 5.41) is 16.8. The number of carbonyl (C=O) groups is 1. The Morgan fingerprint density at radius 2 is 1.89 bits per heavy atom. The van der Waals surface area contributed by atoms with E-state index in [1.54, 1.807) is 44.7 Å². The van der Waals surface area contributed by atoms with Gasteiger partial charge in [-0.1, -0.05) is 11.6 Å². The minimum Gasteiger partial charge on any atom is -0.497 e. The third-order valence-electron chi connectivity index (χ3n) is 7.63. The number of fused-ring (bicyclic) bond motifs is 1. The van der Waals surface area contributed by atoms with Crippen LogP contribution in [-0.4, -0.2) is 44.5 Å². The second-order valence-corrected chi connectivity index (χ2v) is 10.6. The first-order chi connectivity index (χ1) is 22.0. The van der Waals surface area contributed by atoms with E-state index in [1.807, 2.05) is 24.5 Å². The van der Waals surface area contributed by atoms with Gasteiger partial charge in [-0.3, -0.25) is 10.3 Å². The van der Waals surface area contributed by atoms with Crippen molar-refractivity contribution >= 4 is 46.2 Å². The summed E-state index contributed by atoms with van der Waals surface area (Å²) in [6.07, 6.45) is -2.76. The number of nitrogens with two attached hydrogens (primary N) is 1. The van der Waals surface area contributed by atoms with Crippen molar-refractivity contribution in [3.05, 3.63) is 99.5 Å². The molecule has 14 heteroatoms. The second kappa shape index (κ2) is 13.2. The zero-order valence-electron chi connectivity index (χ0n) is 25.0. The third-order valence-corrected chi connectivity index (χ3v) is 8.06. The molecule has 3 aromatic carbocycles. The van der Waals surface area contributed by atoms with E-state index in [4.69, 9.17) is 21.1 Å². The van der Waals surface area contributed by atoms with E-state index < -0.39 is 29.3 Å². The van der Waals surface area contributed by atoms with Gasteiger partial charge in [-0.2, -0.15) is 13.2 Å². The SMILES string of the molecule is C[NH2+]c1ccnc(NCc2ccc(OC)cc2OC)c1C(=N)c1ccc2c(c1Cl)CCN2C(=O)Nc1cc(C(F)(F)F)ccc1F. The minimum absolute atomic E-state index is 0.0899. The molecule has 0 saturated carbocycles. The molecule has 4 aromatic rings. The fraction of sp³-hybridized carbons (Fsp3) is 0.219. The lowest BCUT2D eigenvalue weighted by Crippen LogP contribution is -2.73. The van der Waals surface area contributed by atoms with E-state index in [-0.39, 0.29) is 17.3 Å². The van der Waals surface area contributed by atoms with Crippen molar-refractivity contribution in [2.24, 2.45) is 0 Å². The monoisotopic (exact) mass is 657 g/mol. The lowest BCUT2D eigenvalue weighted by atomic mass is 9.98. The van der Waals surface area contributed by atoms with Gasteiger partial charge in [0.2, 0.25) is 0 Å². The molecule has 0 aliphatic carbocycles. The molecular formula is C32H30ClF4N6O3+. The van der Waals surface area contributed by atoms with Crippen LogP contribution in [0.4, 0.5) is 45.2 Å². The Hall–Kier alpha value is -4.88. The highest BCUT2D eigenvalue weighted by molar-refractivity contribution is 6.37. The first-order valence-corrected chi connectivity index (χ1v) is 14.4. The maximum atomic E-state index is 14.3. The van der Waals surface area contributed by atoms with Crippen LogP contribution >= 0.6 is 11.6 Å². The number of methoxy groups -OCH3 is 2. The zero-order valence-corrected chi connectivity index (χ0v) is 25.7. The Morgan fingerprint density at radius 3 is 2.59 bits per heavy atom. The van der Waals surface area contributed by atoms with Crippen LogP contribution in [0.2, 0.25) is 5.02 Å². The molecule has 0 saturated heterocycles. The van der Waals surface area contributed by atoms with Gasteiger partial charge in [0.05, 0.1) is 48.9 Å². The van der Waals surface area contributed by atoms with Crippen LogP contribution in [0.5, 0.6) is 11.5 Å². The fourth-order valence-electron chi connectivity index (χ4n) is 5.26. The molecule has 0 atom stereocenters. The van der Waals surface area contributed by atoms with E-state index >= 15 is 0 Å². The molecule has 2 amide bonds. The summed E-state index contributed by atoms with van der Waals surface area (Å²) in [6, 6.07) is 11.4. The molecule has 0 unspecified atom stereocenters. The number of ether oxygens (including phenoxy) is 2. The summed E-state index contributed by atoms with van der Waals surface area (Å²) >= 11 is 6.85. The van der Waals surface area contributed by atoms with Gasteiger partial charge >= 0.3 is 12.2 Å². The summed E-state index contributed by atoms with van der Waals surface area (Å²) in [7, 11) is 4.98. The van der Waals surface area contributed by atoms with Crippen LogP contribution in [0.15, 0.2) is 60.8 Å². The number of benzene rings is 3. The number of hydrogen-bond acceptors (Lipinski definition) is 6. The van der Waals surface area contributed by atoms with Gasteiger partial charge in [0, 0.05) is 42.5 Å². The standard InChI is InChI=1S/C32H29ClF4N6O3/c1-39-23-10-12-40-30(41-16-17-4-6-19(45-2)15-26(17)46-3)27(23)29(38)21-7-9-25-20(28(21)33)11-13-43(25)31(44)42-24-14-18(32(35,36)37)5-8-22(24)34/h4-10,12,14-15,38H,11,13,16H2,1-3H3,(H,42,44)(H2,39,40,41)/p+1. The quantitative estimate of drug-likeness (QED) is 0.124. The molecule has 0 bridgehead atoms. The van der Waals surface area contributed by atoms with Crippen LogP contribution < -0.4 is 30.3 Å². The number of rotatable bonds is 9. The predicted octanol–water partition coefficient (Wildman–Crippen LogP) is 6.36. The maximum Gasteiger partial charge on any atom is 0.416 e. The molecule has 0 radical (unpaired) electrons. The molecule has 1 aromatic heterocycles. The summed E-state index contributed by atoms with van der Waals surface area (Å²) in [6.45, 7) is 0.484. The molecule has 5 rings (SSSR count). The Labute approximate surface area is 267 Å². The van der Waals surface area contributed by atoms with E-state index in [0.29, 0.717) is 70.9 Å². The summed E-state index contributed by atoms with van der Waals surface area (Å²) in [5.74, 6) is 0.707. The second-order valence-electron chi connectivity index (χ2n) is 10.3. The Morgan fingerprint density at radius 1 is 1.11 bits per heavy atom. The molecule has 1 aliphatic heterocycles. The van der Waals surface area contributed by atoms with Crippen molar-refractivity contribution in [3.63, 3.8) is 0 Å².